The Labute approximate surface area is 251 Å². The van der Waals surface area contributed by atoms with Crippen LogP contribution in [0.25, 0.3) is 0 Å². The molecule has 8 N–H and O–H groups in total. The maximum Gasteiger partial charge on any atom is 0.329 e. The third-order valence-electron chi connectivity index (χ3n) is 6.82. The van der Waals surface area contributed by atoms with Crippen molar-refractivity contribution in [2.75, 3.05) is 7.11 Å². The largest absolute Gasteiger partial charge is 0.507 e. The van der Waals surface area contributed by atoms with Crippen molar-refractivity contribution in [1.29, 1.82) is 0 Å². The van der Waals surface area contributed by atoms with Crippen molar-refractivity contribution in [1.82, 2.24) is 15.5 Å². The fourth-order valence-electron chi connectivity index (χ4n) is 4.13. The molecule has 1 aromatic heterocycles. The van der Waals surface area contributed by atoms with Crippen LogP contribution in [0.3, 0.4) is 0 Å². The smallest absolute Gasteiger partial charge is 0.329 e. The van der Waals surface area contributed by atoms with E-state index in [2.05, 4.69) is 10.6 Å². The zero-order valence-electron chi connectivity index (χ0n) is 25.5. The number of rotatable bonds is 16. The lowest BCUT2D eigenvalue weighted by Crippen LogP contribution is -2.57. The molecule has 1 rings (SSSR count). The van der Waals surface area contributed by atoms with E-state index in [1.807, 2.05) is 0 Å². The van der Waals surface area contributed by atoms with Crippen molar-refractivity contribution in [3.8, 4) is 5.75 Å². The summed E-state index contributed by atoms with van der Waals surface area (Å²) in [6.07, 6.45) is -1.09. The van der Waals surface area contributed by atoms with Gasteiger partial charge in [0, 0.05) is 16.7 Å². The predicted octanol–water partition coefficient (Wildman–Crippen LogP) is 0.400. The number of carbonyl (C=O) groups is 5. The number of nitrogens with one attached hydrogen (secondary N) is 2. The number of imide groups is 1. The molecule has 0 aromatic carbocycles. The molecule has 238 valence electrons. The maximum atomic E-state index is 13.5. The number of amides is 4. The number of nitrogens with zero attached hydrogens (tertiary/aromatic N) is 1. The Morgan fingerprint density at radius 3 is 2.07 bits per heavy atom. The Morgan fingerprint density at radius 1 is 0.976 bits per heavy atom. The van der Waals surface area contributed by atoms with Crippen LogP contribution in [-0.2, 0) is 35.1 Å². The fourth-order valence-corrected chi connectivity index (χ4v) is 4.89. The predicted molar refractivity (Wildman–Crippen MR) is 158 cm³/mol. The molecule has 0 saturated heterocycles. The second-order valence-electron chi connectivity index (χ2n) is 11.1. The van der Waals surface area contributed by atoms with Gasteiger partial charge in [0.05, 0.1) is 31.3 Å². The number of esters is 1. The third kappa shape index (κ3) is 11.0. The summed E-state index contributed by atoms with van der Waals surface area (Å²) < 4.78 is 4.87. The quantitative estimate of drug-likeness (QED) is 0.141. The summed E-state index contributed by atoms with van der Waals surface area (Å²) in [5.41, 5.74) is 11.6. The molecule has 4 amide bonds. The summed E-state index contributed by atoms with van der Waals surface area (Å²) in [4.78, 5) is 65.8. The monoisotopic (exact) mass is 613 g/mol. The van der Waals surface area contributed by atoms with E-state index in [1.54, 1.807) is 39.1 Å². The van der Waals surface area contributed by atoms with Crippen LogP contribution < -0.4 is 22.1 Å². The van der Waals surface area contributed by atoms with Crippen molar-refractivity contribution >= 4 is 40.9 Å². The molecular formula is C28H47N5O8S. The SMILES string of the molecule is COC(=O)[C@H](C(C)C)N(C(=O)CCC(O)C(CCc1cc(O)cs1)NC(=O)[C@H](C)NC(=O)[C@@H](C)N)C(=O)[C@@H](N)C(C)C. The van der Waals surface area contributed by atoms with Crippen molar-refractivity contribution in [3.05, 3.63) is 16.3 Å². The summed E-state index contributed by atoms with van der Waals surface area (Å²) in [5, 5.41) is 27.6. The van der Waals surface area contributed by atoms with E-state index in [0.29, 0.717) is 6.42 Å². The number of hydrogen-bond donors (Lipinski definition) is 6. The molecular weight excluding hydrogens is 566 g/mol. The standard InChI is InChI=1S/C28H47N5O8S/c1-14(2)23(30)27(39)33(24(15(3)4)28(40)41-7)22(36)11-10-21(35)20(9-8-19-12-18(34)13-42-19)32-26(38)17(6)31-25(37)16(5)29/h12-17,20-21,23-24,34-35H,8-11,29-30H2,1-7H3,(H,31,37)(H,32,38)/t16-,17+,20?,21?,23+,24+/m1/s1. The molecule has 14 heteroatoms. The van der Waals surface area contributed by atoms with Gasteiger partial charge in [-0.05, 0) is 51.0 Å². The van der Waals surface area contributed by atoms with Gasteiger partial charge in [-0.15, -0.1) is 11.3 Å². The summed E-state index contributed by atoms with van der Waals surface area (Å²) in [5.74, 6) is -4.00. The van der Waals surface area contributed by atoms with Crippen molar-refractivity contribution in [3.63, 3.8) is 0 Å². The molecule has 0 spiro atoms. The third-order valence-corrected chi connectivity index (χ3v) is 7.80. The van der Waals surface area contributed by atoms with Gasteiger partial charge in [-0.1, -0.05) is 27.7 Å². The summed E-state index contributed by atoms with van der Waals surface area (Å²) in [6, 6.07) is -3.32. The minimum atomic E-state index is -1.24. The highest BCUT2D eigenvalue weighted by molar-refractivity contribution is 7.10. The van der Waals surface area contributed by atoms with Crippen molar-refractivity contribution in [2.45, 2.75) is 104 Å². The van der Waals surface area contributed by atoms with Crippen molar-refractivity contribution < 1.29 is 38.9 Å². The minimum Gasteiger partial charge on any atom is -0.507 e. The zero-order chi connectivity index (χ0) is 32.3. The zero-order valence-corrected chi connectivity index (χ0v) is 26.3. The van der Waals surface area contributed by atoms with Gasteiger partial charge in [-0.2, -0.15) is 0 Å². The number of thiophene rings is 1. The molecule has 42 heavy (non-hydrogen) atoms. The Kier molecular flexibility index (Phi) is 15.1. The lowest BCUT2D eigenvalue weighted by Gasteiger charge is -2.34. The van der Waals surface area contributed by atoms with Gasteiger partial charge < -0.3 is 37.1 Å². The molecule has 1 aromatic rings. The van der Waals surface area contributed by atoms with Crippen LogP contribution in [0.1, 0.15) is 65.7 Å². The van der Waals surface area contributed by atoms with Crippen LogP contribution in [0, 0.1) is 11.8 Å². The number of aliphatic hydroxyl groups excluding tert-OH is 1. The molecule has 13 nitrogen and oxygen atoms in total. The van der Waals surface area contributed by atoms with E-state index in [9.17, 15) is 34.2 Å². The summed E-state index contributed by atoms with van der Waals surface area (Å²) in [6.45, 7) is 9.73. The van der Waals surface area contributed by atoms with Gasteiger partial charge in [0.25, 0.3) is 0 Å². The first-order chi connectivity index (χ1) is 19.5. The highest BCUT2D eigenvalue weighted by Gasteiger charge is 2.40. The van der Waals surface area contributed by atoms with Crippen LogP contribution in [0.15, 0.2) is 11.4 Å². The number of ether oxygens (including phenoxy) is 1. The number of aryl methyl sites for hydroxylation is 1. The van der Waals surface area contributed by atoms with E-state index < -0.39 is 71.8 Å². The van der Waals surface area contributed by atoms with E-state index in [-0.39, 0.29) is 30.9 Å². The first kappa shape index (κ1) is 37.0. The van der Waals surface area contributed by atoms with E-state index in [1.165, 1.54) is 25.2 Å². The molecule has 0 aliphatic rings. The molecule has 1 heterocycles. The van der Waals surface area contributed by atoms with E-state index in [0.717, 1.165) is 16.9 Å². The van der Waals surface area contributed by atoms with Gasteiger partial charge >= 0.3 is 5.97 Å². The lowest BCUT2D eigenvalue weighted by molar-refractivity contribution is -0.163. The van der Waals surface area contributed by atoms with Crippen LogP contribution in [-0.4, -0.2) is 88.1 Å². The van der Waals surface area contributed by atoms with E-state index >= 15 is 0 Å². The molecule has 0 fully saturated rings. The van der Waals surface area contributed by atoms with Crippen LogP contribution in [0.5, 0.6) is 5.75 Å². The van der Waals surface area contributed by atoms with Crippen LogP contribution in [0.2, 0.25) is 0 Å². The van der Waals surface area contributed by atoms with Gasteiger partial charge in [0.1, 0.15) is 17.8 Å². The average molecular weight is 614 g/mol. The number of carbonyl (C=O) groups excluding carboxylic acids is 5. The Morgan fingerprint density at radius 2 is 1.60 bits per heavy atom. The fraction of sp³-hybridized carbons (Fsp3) is 0.679. The van der Waals surface area contributed by atoms with Gasteiger partial charge in [-0.3, -0.25) is 24.1 Å². The van der Waals surface area contributed by atoms with Crippen molar-refractivity contribution in [2.24, 2.45) is 23.3 Å². The summed E-state index contributed by atoms with van der Waals surface area (Å²) in [7, 11) is 1.16. The number of nitrogens with two attached hydrogens (primary N) is 2. The molecule has 0 aliphatic heterocycles. The second kappa shape index (κ2) is 17.1. The minimum absolute atomic E-state index is 0.101. The number of aromatic hydroxyl groups is 1. The Balaban J connectivity index is 3.16. The topological polar surface area (TPSA) is 214 Å². The van der Waals surface area contributed by atoms with Crippen LogP contribution in [0.4, 0.5) is 0 Å². The molecule has 6 atom stereocenters. The lowest BCUT2D eigenvalue weighted by atomic mass is 9.96. The number of hydrogen-bond acceptors (Lipinski definition) is 11. The molecule has 0 aliphatic carbocycles. The number of methoxy groups -OCH3 is 1. The first-order valence-electron chi connectivity index (χ1n) is 14.0. The molecule has 0 bridgehead atoms. The first-order valence-corrected chi connectivity index (χ1v) is 14.9. The van der Waals surface area contributed by atoms with E-state index in [4.69, 9.17) is 16.2 Å². The molecule has 0 saturated carbocycles. The Bertz CT molecular complexity index is 1080. The summed E-state index contributed by atoms with van der Waals surface area (Å²) >= 11 is 1.31. The second-order valence-corrected chi connectivity index (χ2v) is 12.1. The maximum absolute atomic E-state index is 13.5. The van der Waals surface area contributed by atoms with Crippen LogP contribution >= 0.6 is 11.3 Å². The van der Waals surface area contributed by atoms with Gasteiger partial charge in [0.2, 0.25) is 23.6 Å². The van der Waals surface area contributed by atoms with Gasteiger partial charge in [-0.25, -0.2) is 4.79 Å². The number of aliphatic hydroxyl groups is 1. The molecule has 2 unspecified atom stereocenters. The average Bonchev–Trinajstić information content (AvgIpc) is 3.35. The highest BCUT2D eigenvalue weighted by atomic mass is 32.1. The highest BCUT2D eigenvalue weighted by Crippen LogP contribution is 2.23. The van der Waals surface area contributed by atoms with Gasteiger partial charge in [0.15, 0.2) is 0 Å². The molecule has 0 radical (unpaired) electrons. The normalized spacial score (nSPS) is 15.7. The Hall–Kier alpha value is -3.07.